The molecule has 0 aliphatic heterocycles. The van der Waals surface area contributed by atoms with E-state index >= 15 is 0 Å². The SMILES string of the molecule is CCC(C)(C)NCC(C)Oc1cncc(Cl)c1. The number of hydrogen-bond acceptors (Lipinski definition) is 3. The third-order valence-electron chi connectivity index (χ3n) is 2.77. The van der Waals surface area contributed by atoms with Gasteiger partial charge in [0.1, 0.15) is 11.9 Å². The first kappa shape index (κ1) is 14.3. The van der Waals surface area contributed by atoms with E-state index in [9.17, 15) is 0 Å². The number of ether oxygens (including phenoxy) is 1. The fourth-order valence-electron chi connectivity index (χ4n) is 1.28. The van der Waals surface area contributed by atoms with Gasteiger partial charge in [-0.1, -0.05) is 18.5 Å². The van der Waals surface area contributed by atoms with Crippen LogP contribution in [0.25, 0.3) is 0 Å². The molecule has 0 aromatic carbocycles. The molecular formula is C13H21ClN2O. The Morgan fingerprint density at radius 3 is 2.76 bits per heavy atom. The molecule has 1 heterocycles. The van der Waals surface area contributed by atoms with Gasteiger partial charge in [-0.3, -0.25) is 4.98 Å². The molecule has 1 rings (SSSR count). The number of nitrogens with one attached hydrogen (secondary N) is 1. The summed E-state index contributed by atoms with van der Waals surface area (Å²) in [5.74, 6) is 0.709. The van der Waals surface area contributed by atoms with Crippen molar-refractivity contribution < 1.29 is 4.74 Å². The average Bonchev–Trinajstić information content (AvgIpc) is 2.27. The van der Waals surface area contributed by atoms with Crippen LogP contribution in [-0.2, 0) is 0 Å². The highest BCUT2D eigenvalue weighted by atomic mass is 35.5. The van der Waals surface area contributed by atoms with E-state index in [0.29, 0.717) is 10.8 Å². The van der Waals surface area contributed by atoms with Crippen LogP contribution < -0.4 is 10.1 Å². The van der Waals surface area contributed by atoms with E-state index in [-0.39, 0.29) is 11.6 Å². The fraction of sp³-hybridized carbons (Fsp3) is 0.615. The van der Waals surface area contributed by atoms with Crippen molar-refractivity contribution in [1.82, 2.24) is 10.3 Å². The molecule has 0 spiro atoms. The highest BCUT2D eigenvalue weighted by molar-refractivity contribution is 6.30. The summed E-state index contributed by atoms with van der Waals surface area (Å²) in [6.45, 7) is 9.35. The monoisotopic (exact) mass is 256 g/mol. The normalized spacial score (nSPS) is 13.5. The molecule has 0 amide bonds. The number of nitrogens with zero attached hydrogens (tertiary/aromatic N) is 1. The number of aromatic nitrogens is 1. The molecule has 96 valence electrons. The summed E-state index contributed by atoms with van der Waals surface area (Å²) in [6.07, 6.45) is 4.43. The maximum atomic E-state index is 5.84. The minimum atomic E-state index is 0.0843. The molecule has 4 heteroatoms. The van der Waals surface area contributed by atoms with E-state index in [1.54, 1.807) is 18.5 Å². The quantitative estimate of drug-likeness (QED) is 0.848. The Morgan fingerprint density at radius 1 is 1.47 bits per heavy atom. The molecular weight excluding hydrogens is 236 g/mol. The van der Waals surface area contributed by atoms with Crippen molar-refractivity contribution in [2.24, 2.45) is 0 Å². The third kappa shape index (κ3) is 5.37. The van der Waals surface area contributed by atoms with Gasteiger partial charge in [-0.25, -0.2) is 0 Å². The van der Waals surface area contributed by atoms with Crippen molar-refractivity contribution in [2.45, 2.75) is 45.8 Å². The second-order valence-electron chi connectivity index (χ2n) is 4.89. The van der Waals surface area contributed by atoms with Crippen molar-refractivity contribution in [2.75, 3.05) is 6.54 Å². The lowest BCUT2D eigenvalue weighted by Crippen LogP contribution is -2.43. The lowest BCUT2D eigenvalue weighted by molar-refractivity contribution is 0.198. The minimum absolute atomic E-state index is 0.0843. The van der Waals surface area contributed by atoms with Crippen molar-refractivity contribution in [1.29, 1.82) is 0 Å². The summed E-state index contributed by atoms with van der Waals surface area (Å²) in [5, 5.41) is 4.06. The van der Waals surface area contributed by atoms with Crippen molar-refractivity contribution in [3.63, 3.8) is 0 Å². The van der Waals surface area contributed by atoms with Gasteiger partial charge in [-0.05, 0) is 27.2 Å². The molecule has 1 unspecified atom stereocenters. The summed E-state index contributed by atoms with van der Waals surface area (Å²) in [7, 11) is 0. The molecule has 0 saturated carbocycles. The molecule has 0 aliphatic carbocycles. The molecule has 0 saturated heterocycles. The Morgan fingerprint density at radius 2 is 2.18 bits per heavy atom. The second kappa shape index (κ2) is 6.22. The smallest absolute Gasteiger partial charge is 0.139 e. The molecule has 0 aliphatic rings. The van der Waals surface area contributed by atoms with E-state index in [1.807, 2.05) is 6.92 Å². The van der Waals surface area contributed by atoms with E-state index < -0.39 is 0 Å². The topological polar surface area (TPSA) is 34.1 Å². The van der Waals surface area contributed by atoms with Crippen LogP contribution in [0.2, 0.25) is 5.02 Å². The van der Waals surface area contributed by atoms with Crippen LogP contribution >= 0.6 is 11.6 Å². The van der Waals surface area contributed by atoms with Crippen LogP contribution in [0.3, 0.4) is 0 Å². The Hall–Kier alpha value is -0.800. The van der Waals surface area contributed by atoms with Gasteiger partial charge in [0.15, 0.2) is 0 Å². The van der Waals surface area contributed by atoms with Gasteiger partial charge >= 0.3 is 0 Å². The van der Waals surface area contributed by atoms with Crippen molar-refractivity contribution >= 4 is 11.6 Å². The largest absolute Gasteiger partial charge is 0.488 e. The molecule has 0 radical (unpaired) electrons. The lowest BCUT2D eigenvalue weighted by atomic mass is 10.0. The molecule has 0 fully saturated rings. The van der Waals surface area contributed by atoms with Crippen LogP contribution in [0.1, 0.15) is 34.1 Å². The van der Waals surface area contributed by atoms with Gasteiger partial charge in [0, 0.05) is 24.3 Å². The molecule has 1 N–H and O–H groups in total. The minimum Gasteiger partial charge on any atom is -0.488 e. The van der Waals surface area contributed by atoms with Crippen LogP contribution in [0.5, 0.6) is 5.75 Å². The second-order valence-corrected chi connectivity index (χ2v) is 5.32. The van der Waals surface area contributed by atoms with E-state index in [4.69, 9.17) is 16.3 Å². The summed E-state index contributed by atoms with van der Waals surface area (Å²) in [4.78, 5) is 3.98. The first-order valence-corrected chi connectivity index (χ1v) is 6.33. The molecule has 0 bridgehead atoms. The van der Waals surface area contributed by atoms with Crippen LogP contribution in [0, 0.1) is 0 Å². The predicted octanol–water partition coefficient (Wildman–Crippen LogP) is 3.28. The Kier molecular flexibility index (Phi) is 5.22. The van der Waals surface area contributed by atoms with E-state index in [0.717, 1.165) is 13.0 Å². The molecule has 1 atom stereocenters. The molecule has 3 nitrogen and oxygen atoms in total. The number of pyridine rings is 1. The van der Waals surface area contributed by atoms with Gasteiger partial charge in [0.05, 0.1) is 11.2 Å². The van der Waals surface area contributed by atoms with E-state index in [2.05, 4.69) is 31.1 Å². The summed E-state index contributed by atoms with van der Waals surface area (Å²) >= 11 is 5.84. The molecule has 1 aromatic heterocycles. The van der Waals surface area contributed by atoms with Gasteiger partial charge in [-0.2, -0.15) is 0 Å². The van der Waals surface area contributed by atoms with Gasteiger partial charge in [0.25, 0.3) is 0 Å². The van der Waals surface area contributed by atoms with E-state index in [1.165, 1.54) is 0 Å². The maximum absolute atomic E-state index is 5.84. The molecule has 17 heavy (non-hydrogen) atoms. The Labute approximate surface area is 109 Å². The van der Waals surface area contributed by atoms with Gasteiger partial charge < -0.3 is 10.1 Å². The lowest BCUT2D eigenvalue weighted by Gasteiger charge is -2.26. The summed E-state index contributed by atoms with van der Waals surface area (Å²) in [5.41, 5.74) is 0.143. The van der Waals surface area contributed by atoms with Crippen LogP contribution in [-0.4, -0.2) is 23.2 Å². The summed E-state index contributed by atoms with van der Waals surface area (Å²) < 4.78 is 5.73. The highest BCUT2D eigenvalue weighted by Crippen LogP contribution is 2.16. The number of hydrogen-bond donors (Lipinski definition) is 1. The van der Waals surface area contributed by atoms with Crippen molar-refractivity contribution in [3.05, 3.63) is 23.5 Å². The molecule has 1 aromatic rings. The fourth-order valence-corrected chi connectivity index (χ4v) is 1.44. The average molecular weight is 257 g/mol. The highest BCUT2D eigenvalue weighted by Gasteiger charge is 2.15. The summed E-state index contributed by atoms with van der Waals surface area (Å²) in [6, 6.07) is 1.77. The maximum Gasteiger partial charge on any atom is 0.139 e. The van der Waals surface area contributed by atoms with Gasteiger partial charge in [0.2, 0.25) is 0 Å². The van der Waals surface area contributed by atoms with Gasteiger partial charge in [-0.15, -0.1) is 0 Å². The zero-order valence-corrected chi connectivity index (χ0v) is 11.7. The predicted molar refractivity (Wildman–Crippen MR) is 71.7 cm³/mol. The first-order chi connectivity index (χ1) is 7.93. The zero-order valence-electron chi connectivity index (χ0n) is 11.0. The van der Waals surface area contributed by atoms with Crippen LogP contribution in [0.15, 0.2) is 18.5 Å². The third-order valence-corrected chi connectivity index (χ3v) is 2.98. The zero-order chi connectivity index (χ0) is 12.9. The standard InChI is InChI=1S/C13H21ClN2O/c1-5-13(3,4)16-7-10(2)17-12-6-11(14)8-15-9-12/h6,8-10,16H,5,7H2,1-4H3. The number of rotatable bonds is 6. The first-order valence-electron chi connectivity index (χ1n) is 5.95. The Bertz CT molecular complexity index is 355. The Balaban J connectivity index is 2.42. The van der Waals surface area contributed by atoms with Crippen molar-refractivity contribution in [3.8, 4) is 5.75 Å². The van der Waals surface area contributed by atoms with Crippen LogP contribution in [0.4, 0.5) is 0 Å². The number of halogens is 1.